The van der Waals surface area contributed by atoms with Crippen molar-refractivity contribution in [3.63, 3.8) is 0 Å². The lowest BCUT2D eigenvalue weighted by atomic mass is 9.92. The highest BCUT2D eigenvalue weighted by Crippen LogP contribution is 2.31. The first kappa shape index (κ1) is 27.0. The van der Waals surface area contributed by atoms with Gasteiger partial charge >= 0.3 is 6.03 Å². The van der Waals surface area contributed by atoms with Crippen molar-refractivity contribution in [2.24, 2.45) is 0 Å². The summed E-state index contributed by atoms with van der Waals surface area (Å²) in [7, 11) is 0. The van der Waals surface area contributed by atoms with Crippen LogP contribution in [-0.4, -0.2) is 17.8 Å². The highest BCUT2D eigenvalue weighted by molar-refractivity contribution is 6.39. The lowest BCUT2D eigenvalue weighted by molar-refractivity contribution is -0.122. The van der Waals surface area contributed by atoms with Gasteiger partial charge in [-0.2, -0.15) is 0 Å². The highest BCUT2D eigenvalue weighted by atomic mass is 35.5. The normalized spacial score (nSPS) is 14.4. The molecular formula is C35H25ClN2O4. The number of hydrogen-bond donors (Lipinski definition) is 1. The van der Waals surface area contributed by atoms with Crippen LogP contribution in [0, 0.1) is 0 Å². The molecule has 0 unspecified atom stereocenters. The van der Waals surface area contributed by atoms with E-state index in [1.807, 2.05) is 91.0 Å². The van der Waals surface area contributed by atoms with Crippen LogP contribution in [0.25, 0.3) is 16.8 Å². The molecule has 1 fully saturated rings. The van der Waals surface area contributed by atoms with Gasteiger partial charge in [0.15, 0.2) is 0 Å². The van der Waals surface area contributed by atoms with E-state index in [1.54, 1.807) is 30.3 Å². The molecule has 0 aromatic heterocycles. The molecule has 0 spiro atoms. The summed E-state index contributed by atoms with van der Waals surface area (Å²) in [5, 5.41) is 4.78. The molecule has 206 valence electrons. The monoisotopic (exact) mass is 572 g/mol. The number of imide groups is 2. The van der Waals surface area contributed by atoms with Gasteiger partial charge in [0.1, 0.15) is 17.9 Å². The van der Waals surface area contributed by atoms with Crippen LogP contribution < -0.4 is 15.0 Å². The summed E-state index contributed by atoms with van der Waals surface area (Å²) < 4.78 is 5.84. The van der Waals surface area contributed by atoms with Crippen LogP contribution in [-0.2, 0) is 22.6 Å². The maximum absolute atomic E-state index is 13.7. The van der Waals surface area contributed by atoms with Crippen molar-refractivity contribution in [1.29, 1.82) is 0 Å². The molecule has 7 heteroatoms. The number of urea groups is 1. The maximum Gasteiger partial charge on any atom is 0.335 e. The second-order valence-electron chi connectivity index (χ2n) is 9.85. The minimum absolute atomic E-state index is 0.143. The molecule has 0 aliphatic carbocycles. The van der Waals surface area contributed by atoms with Crippen molar-refractivity contribution in [3.8, 4) is 5.75 Å². The van der Waals surface area contributed by atoms with Crippen LogP contribution in [0.5, 0.6) is 5.75 Å². The van der Waals surface area contributed by atoms with Gasteiger partial charge in [0.2, 0.25) is 0 Å². The lowest BCUT2D eigenvalue weighted by Crippen LogP contribution is -2.54. The third-order valence-electron chi connectivity index (χ3n) is 7.13. The van der Waals surface area contributed by atoms with Crippen LogP contribution in [0.3, 0.4) is 0 Å². The summed E-state index contributed by atoms with van der Waals surface area (Å²) in [4.78, 5) is 40.6. The van der Waals surface area contributed by atoms with Crippen molar-refractivity contribution in [2.75, 3.05) is 4.90 Å². The molecule has 5 aromatic rings. The third-order valence-corrected chi connectivity index (χ3v) is 7.50. The molecule has 4 amide bonds. The fourth-order valence-electron chi connectivity index (χ4n) is 4.98. The van der Waals surface area contributed by atoms with Crippen LogP contribution in [0.2, 0.25) is 5.02 Å². The topological polar surface area (TPSA) is 75.7 Å². The Balaban J connectivity index is 1.34. The largest absolute Gasteiger partial charge is 0.489 e. The molecule has 0 atom stereocenters. The van der Waals surface area contributed by atoms with Crippen LogP contribution in [0.4, 0.5) is 10.5 Å². The van der Waals surface area contributed by atoms with Crippen molar-refractivity contribution in [2.45, 2.75) is 13.0 Å². The summed E-state index contributed by atoms with van der Waals surface area (Å²) in [6.07, 6.45) is 2.06. The molecule has 1 heterocycles. The Bertz CT molecular complexity index is 1850. The number of ether oxygens (including phenoxy) is 1. The van der Waals surface area contributed by atoms with E-state index in [-0.39, 0.29) is 5.57 Å². The van der Waals surface area contributed by atoms with Crippen molar-refractivity contribution < 1.29 is 19.1 Å². The number of fused-ring (bicyclic) bond motifs is 1. The summed E-state index contributed by atoms with van der Waals surface area (Å²) in [5.74, 6) is -0.877. The quantitative estimate of drug-likeness (QED) is 0.164. The first-order chi connectivity index (χ1) is 20.5. The van der Waals surface area contributed by atoms with E-state index in [9.17, 15) is 14.4 Å². The zero-order chi connectivity index (χ0) is 29.1. The number of barbiturate groups is 1. The Kier molecular flexibility index (Phi) is 7.54. The van der Waals surface area contributed by atoms with Gasteiger partial charge in [-0.15, -0.1) is 0 Å². The number of rotatable bonds is 7. The Hall–Kier alpha value is -5.20. The van der Waals surface area contributed by atoms with Gasteiger partial charge < -0.3 is 4.74 Å². The Morgan fingerprint density at radius 1 is 0.738 bits per heavy atom. The Labute approximate surface area is 247 Å². The van der Waals surface area contributed by atoms with E-state index in [2.05, 4.69) is 5.32 Å². The van der Waals surface area contributed by atoms with Crippen molar-refractivity contribution in [3.05, 3.63) is 148 Å². The number of hydrogen-bond acceptors (Lipinski definition) is 4. The lowest BCUT2D eigenvalue weighted by Gasteiger charge is -2.26. The number of benzene rings is 5. The minimum Gasteiger partial charge on any atom is -0.489 e. The molecular weight excluding hydrogens is 548 g/mol. The van der Waals surface area contributed by atoms with E-state index in [0.29, 0.717) is 35.1 Å². The van der Waals surface area contributed by atoms with Crippen molar-refractivity contribution in [1.82, 2.24) is 5.32 Å². The number of carbonyl (C=O) groups is 3. The van der Waals surface area contributed by atoms with Crippen LogP contribution in [0.15, 0.2) is 121 Å². The first-order valence-corrected chi connectivity index (χ1v) is 13.8. The fraction of sp³-hybridized carbons (Fsp3) is 0.0571. The van der Waals surface area contributed by atoms with Gasteiger partial charge in [-0.05, 0) is 75.9 Å². The average Bonchev–Trinajstić information content (AvgIpc) is 3.01. The predicted molar refractivity (Wildman–Crippen MR) is 164 cm³/mol. The summed E-state index contributed by atoms with van der Waals surface area (Å²) in [6.45, 7) is 0.381. The van der Waals surface area contributed by atoms with E-state index < -0.39 is 17.8 Å². The van der Waals surface area contributed by atoms with E-state index in [0.717, 1.165) is 32.4 Å². The molecule has 0 saturated carbocycles. The van der Waals surface area contributed by atoms with Gasteiger partial charge in [0.05, 0.1) is 5.69 Å². The molecule has 0 radical (unpaired) electrons. The third kappa shape index (κ3) is 5.53. The Morgan fingerprint density at radius 3 is 2.24 bits per heavy atom. The zero-order valence-corrected chi connectivity index (χ0v) is 23.2. The van der Waals surface area contributed by atoms with Gasteiger partial charge in [0.25, 0.3) is 11.8 Å². The second-order valence-corrected chi connectivity index (χ2v) is 10.3. The molecule has 1 aliphatic heterocycles. The van der Waals surface area contributed by atoms with Gasteiger partial charge in [-0.3, -0.25) is 14.9 Å². The smallest absolute Gasteiger partial charge is 0.335 e. The van der Waals surface area contributed by atoms with E-state index in [1.165, 1.54) is 0 Å². The fourth-order valence-corrected chi connectivity index (χ4v) is 5.18. The molecule has 1 N–H and O–H groups in total. The molecule has 42 heavy (non-hydrogen) atoms. The molecule has 6 nitrogen and oxygen atoms in total. The summed E-state index contributed by atoms with van der Waals surface area (Å²) in [5.41, 5.74) is 3.71. The van der Waals surface area contributed by atoms with Gasteiger partial charge in [-0.1, -0.05) is 96.5 Å². The number of nitrogens with one attached hydrogen (secondary N) is 1. The summed E-state index contributed by atoms with van der Waals surface area (Å²) >= 11 is 6.46. The van der Waals surface area contributed by atoms with Gasteiger partial charge in [-0.25, -0.2) is 9.69 Å². The van der Waals surface area contributed by atoms with Crippen molar-refractivity contribution >= 4 is 52.0 Å². The van der Waals surface area contributed by atoms with E-state index in [4.69, 9.17) is 16.3 Å². The molecule has 6 rings (SSSR count). The molecule has 5 aromatic carbocycles. The second kappa shape index (κ2) is 11.7. The average molecular weight is 573 g/mol. The standard InChI is InChI=1S/C35H25ClN2O4/c36-32-13-7-5-11-26(32)20-25-15-14-24-10-4-6-12-29(24)30(25)21-31-33(39)37-35(41)38(34(31)40)27-16-18-28(19-17-27)42-22-23-8-2-1-3-9-23/h1-19,21H,20,22H2,(H,37,39,41)/b31-21+. The number of carbonyl (C=O) groups excluding carboxylic acids is 3. The molecule has 1 aliphatic rings. The number of anilines is 1. The number of nitrogens with zero attached hydrogens (tertiary/aromatic N) is 1. The number of amides is 4. The Morgan fingerprint density at radius 2 is 1.45 bits per heavy atom. The minimum atomic E-state index is -0.811. The maximum atomic E-state index is 13.7. The highest BCUT2D eigenvalue weighted by Gasteiger charge is 2.37. The first-order valence-electron chi connectivity index (χ1n) is 13.4. The predicted octanol–water partition coefficient (Wildman–Crippen LogP) is 7.33. The van der Waals surface area contributed by atoms with Crippen LogP contribution in [0.1, 0.15) is 22.3 Å². The molecule has 0 bridgehead atoms. The zero-order valence-electron chi connectivity index (χ0n) is 22.4. The van der Waals surface area contributed by atoms with Crippen LogP contribution >= 0.6 is 11.6 Å². The summed E-state index contributed by atoms with van der Waals surface area (Å²) in [6, 6.07) is 34.8. The SMILES string of the molecule is O=C1NC(=O)N(c2ccc(OCc3ccccc3)cc2)C(=O)/C1=C/c1c(Cc2ccccc2Cl)ccc2ccccc12. The number of halogens is 1. The molecule has 1 saturated heterocycles. The van der Waals surface area contributed by atoms with E-state index >= 15 is 0 Å². The van der Waals surface area contributed by atoms with Gasteiger partial charge in [0, 0.05) is 5.02 Å².